The van der Waals surface area contributed by atoms with E-state index < -0.39 is 0 Å². The summed E-state index contributed by atoms with van der Waals surface area (Å²) in [5.74, 6) is 1.26. The van der Waals surface area contributed by atoms with Crippen LogP contribution in [-0.2, 0) is 7.05 Å². The van der Waals surface area contributed by atoms with E-state index in [4.69, 9.17) is 0 Å². The van der Waals surface area contributed by atoms with Crippen molar-refractivity contribution >= 4 is 34.2 Å². The van der Waals surface area contributed by atoms with Gasteiger partial charge in [-0.05, 0) is 37.6 Å². The normalized spacial score (nSPS) is 10.9. The molecular weight excluding hydrogens is 324 g/mol. The van der Waals surface area contributed by atoms with E-state index in [2.05, 4.69) is 57.7 Å². The molecule has 2 aromatic carbocycles. The molecule has 0 unspecified atom stereocenters. The summed E-state index contributed by atoms with van der Waals surface area (Å²) >= 11 is 0. The molecule has 0 bridgehead atoms. The van der Waals surface area contributed by atoms with Crippen molar-refractivity contribution in [2.75, 3.05) is 10.6 Å². The van der Waals surface area contributed by atoms with E-state index in [0.717, 1.165) is 28.2 Å². The Morgan fingerprint density at radius 2 is 1.73 bits per heavy atom. The number of nitrogens with zero attached hydrogens (tertiary/aromatic N) is 4. The van der Waals surface area contributed by atoms with Crippen molar-refractivity contribution in [3.8, 4) is 0 Å². The number of rotatable bonds is 4. The molecule has 6 heteroatoms. The maximum Gasteiger partial charge on any atom is 0.231 e. The van der Waals surface area contributed by atoms with Gasteiger partial charge in [0.25, 0.3) is 0 Å². The molecule has 2 heterocycles. The summed E-state index contributed by atoms with van der Waals surface area (Å²) in [6.07, 6.45) is 1.79. The van der Waals surface area contributed by atoms with Gasteiger partial charge in [0.05, 0.1) is 11.6 Å². The quantitative estimate of drug-likeness (QED) is 0.572. The summed E-state index contributed by atoms with van der Waals surface area (Å²) in [5, 5.41) is 11.9. The Kier molecular flexibility index (Phi) is 4.01. The van der Waals surface area contributed by atoms with Gasteiger partial charge in [-0.1, -0.05) is 35.9 Å². The van der Waals surface area contributed by atoms with Crippen molar-refractivity contribution in [3.05, 3.63) is 65.9 Å². The molecule has 130 valence electrons. The molecule has 0 fully saturated rings. The van der Waals surface area contributed by atoms with Gasteiger partial charge in [-0.2, -0.15) is 15.1 Å². The largest absolute Gasteiger partial charge is 0.339 e. The molecule has 0 aliphatic carbocycles. The fourth-order valence-electron chi connectivity index (χ4n) is 2.91. The number of para-hydroxylation sites is 1. The molecule has 0 saturated carbocycles. The first-order chi connectivity index (χ1) is 12.6. The minimum Gasteiger partial charge on any atom is -0.339 e. The van der Waals surface area contributed by atoms with Crippen LogP contribution >= 0.6 is 0 Å². The van der Waals surface area contributed by atoms with E-state index >= 15 is 0 Å². The zero-order chi connectivity index (χ0) is 18.1. The number of nitrogens with one attached hydrogen (secondary N) is 2. The minimum atomic E-state index is 0.527. The number of fused-ring (bicyclic) bond motifs is 1. The van der Waals surface area contributed by atoms with Crippen LogP contribution in [0.3, 0.4) is 0 Å². The summed E-state index contributed by atoms with van der Waals surface area (Å²) in [7, 11) is 1.88. The lowest BCUT2D eigenvalue weighted by Crippen LogP contribution is -2.04. The van der Waals surface area contributed by atoms with Crippen LogP contribution in [0.4, 0.5) is 23.1 Å². The van der Waals surface area contributed by atoms with Crippen LogP contribution in [0, 0.1) is 13.8 Å². The highest BCUT2D eigenvalue weighted by Crippen LogP contribution is 2.27. The Hall–Kier alpha value is -3.41. The third kappa shape index (κ3) is 3.09. The molecule has 2 aromatic heterocycles. The first kappa shape index (κ1) is 16.1. The molecule has 0 atom stereocenters. The third-order valence-electron chi connectivity index (χ3n) is 4.26. The zero-order valence-electron chi connectivity index (χ0n) is 15.0. The highest BCUT2D eigenvalue weighted by atomic mass is 15.3. The van der Waals surface area contributed by atoms with Crippen molar-refractivity contribution < 1.29 is 0 Å². The van der Waals surface area contributed by atoms with Gasteiger partial charge in [-0.3, -0.25) is 4.68 Å². The number of hydrogen-bond donors (Lipinski definition) is 2. The van der Waals surface area contributed by atoms with Gasteiger partial charge >= 0.3 is 0 Å². The summed E-state index contributed by atoms with van der Waals surface area (Å²) in [4.78, 5) is 9.29. The van der Waals surface area contributed by atoms with Crippen molar-refractivity contribution in [1.29, 1.82) is 0 Å². The fourth-order valence-corrected chi connectivity index (χ4v) is 2.91. The average Bonchev–Trinajstić information content (AvgIpc) is 3.00. The Bertz CT molecular complexity index is 1070. The second-order valence-electron chi connectivity index (χ2n) is 6.34. The molecule has 4 rings (SSSR count). The monoisotopic (exact) mass is 344 g/mol. The summed E-state index contributed by atoms with van der Waals surface area (Å²) in [6, 6.07) is 16.2. The van der Waals surface area contributed by atoms with Crippen LogP contribution in [0.1, 0.15) is 11.1 Å². The second kappa shape index (κ2) is 6.48. The lowest BCUT2D eigenvalue weighted by Gasteiger charge is -2.12. The number of aryl methyl sites for hydroxylation is 3. The van der Waals surface area contributed by atoms with Gasteiger partial charge < -0.3 is 10.6 Å². The minimum absolute atomic E-state index is 0.527. The van der Waals surface area contributed by atoms with Gasteiger partial charge in [-0.15, -0.1) is 0 Å². The SMILES string of the molecule is Cc1ccc(Nc2nc(Nc3ccccc3)nc3c2cnn3C)c(C)c1. The lowest BCUT2D eigenvalue weighted by molar-refractivity contribution is 0.786. The molecule has 0 aliphatic heterocycles. The molecule has 0 radical (unpaired) electrons. The van der Waals surface area contributed by atoms with E-state index in [1.165, 1.54) is 11.1 Å². The molecule has 26 heavy (non-hydrogen) atoms. The third-order valence-corrected chi connectivity index (χ3v) is 4.26. The van der Waals surface area contributed by atoms with Crippen LogP contribution < -0.4 is 10.6 Å². The van der Waals surface area contributed by atoms with Crippen LogP contribution in [0.5, 0.6) is 0 Å². The second-order valence-corrected chi connectivity index (χ2v) is 6.34. The van der Waals surface area contributed by atoms with Crippen molar-refractivity contribution in [2.24, 2.45) is 7.05 Å². The standard InChI is InChI=1S/C20H20N6/c1-13-9-10-17(14(2)11-13)23-18-16-12-21-26(3)19(16)25-20(24-18)22-15-7-5-4-6-8-15/h4-12H,1-3H3,(H2,22,23,24,25). The van der Waals surface area contributed by atoms with Crippen LogP contribution in [0.15, 0.2) is 54.7 Å². The van der Waals surface area contributed by atoms with Gasteiger partial charge in [0, 0.05) is 18.4 Å². The number of hydrogen-bond acceptors (Lipinski definition) is 5. The number of aromatic nitrogens is 4. The van der Waals surface area contributed by atoms with Crippen LogP contribution in [-0.4, -0.2) is 19.7 Å². The highest BCUT2D eigenvalue weighted by Gasteiger charge is 2.13. The Balaban J connectivity index is 1.77. The summed E-state index contributed by atoms with van der Waals surface area (Å²) < 4.78 is 1.75. The van der Waals surface area contributed by atoms with Crippen LogP contribution in [0.25, 0.3) is 11.0 Å². The summed E-state index contributed by atoms with van der Waals surface area (Å²) in [6.45, 7) is 4.17. The molecule has 0 amide bonds. The molecule has 0 saturated heterocycles. The molecule has 2 N–H and O–H groups in total. The lowest BCUT2D eigenvalue weighted by atomic mass is 10.1. The average molecular weight is 344 g/mol. The summed E-state index contributed by atoms with van der Waals surface area (Å²) in [5.41, 5.74) is 5.12. The fraction of sp³-hybridized carbons (Fsp3) is 0.150. The molecule has 6 nitrogen and oxygen atoms in total. The molecule has 4 aromatic rings. The van der Waals surface area contributed by atoms with E-state index in [1.54, 1.807) is 10.9 Å². The van der Waals surface area contributed by atoms with Crippen molar-refractivity contribution in [2.45, 2.75) is 13.8 Å². The van der Waals surface area contributed by atoms with Gasteiger partial charge in [0.1, 0.15) is 5.82 Å². The Morgan fingerprint density at radius 3 is 2.50 bits per heavy atom. The maximum absolute atomic E-state index is 4.68. The number of benzene rings is 2. The van der Waals surface area contributed by atoms with E-state index in [0.29, 0.717) is 5.95 Å². The maximum atomic E-state index is 4.68. The Labute approximate surface area is 151 Å². The smallest absolute Gasteiger partial charge is 0.231 e. The van der Waals surface area contributed by atoms with Gasteiger partial charge in [-0.25, -0.2) is 0 Å². The topological polar surface area (TPSA) is 67.7 Å². The Morgan fingerprint density at radius 1 is 0.923 bits per heavy atom. The zero-order valence-corrected chi connectivity index (χ0v) is 15.0. The molecule has 0 spiro atoms. The first-order valence-corrected chi connectivity index (χ1v) is 8.46. The van der Waals surface area contributed by atoms with Crippen molar-refractivity contribution in [1.82, 2.24) is 19.7 Å². The van der Waals surface area contributed by atoms with Gasteiger partial charge in [0.2, 0.25) is 5.95 Å². The predicted molar refractivity (Wildman–Crippen MR) is 105 cm³/mol. The van der Waals surface area contributed by atoms with E-state index in [-0.39, 0.29) is 0 Å². The van der Waals surface area contributed by atoms with Gasteiger partial charge in [0.15, 0.2) is 5.65 Å². The predicted octanol–water partition coefficient (Wildman–Crippen LogP) is 4.47. The first-order valence-electron chi connectivity index (χ1n) is 8.46. The van der Waals surface area contributed by atoms with Crippen LogP contribution in [0.2, 0.25) is 0 Å². The van der Waals surface area contributed by atoms with Crippen molar-refractivity contribution in [3.63, 3.8) is 0 Å². The number of anilines is 4. The van der Waals surface area contributed by atoms with E-state index in [1.807, 2.05) is 37.4 Å². The molecule has 0 aliphatic rings. The molecular formula is C20H20N6. The highest BCUT2D eigenvalue weighted by molar-refractivity contribution is 5.90. The van der Waals surface area contributed by atoms with E-state index in [9.17, 15) is 0 Å².